The van der Waals surface area contributed by atoms with Crippen molar-refractivity contribution < 1.29 is 0 Å². The number of unbranched alkanes of at least 4 members (excludes halogenated alkanes) is 31. The van der Waals surface area contributed by atoms with Gasteiger partial charge in [0.15, 0.2) is 0 Å². The van der Waals surface area contributed by atoms with Crippen LogP contribution in [-0.4, -0.2) is 11.5 Å². The van der Waals surface area contributed by atoms with Gasteiger partial charge in [0.25, 0.3) is 0 Å². The van der Waals surface area contributed by atoms with Gasteiger partial charge in [-0.15, -0.1) is 23.5 Å². The summed E-state index contributed by atoms with van der Waals surface area (Å²) in [6, 6.07) is 7.44. The van der Waals surface area contributed by atoms with Gasteiger partial charge in [0.1, 0.15) is 0 Å². The predicted molar refractivity (Wildman–Crippen MR) is 225 cm³/mol. The molecule has 0 atom stereocenters. The first-order valence-electron chi connectivity index (χ1n) is 22.0. The van der Waals surface area contributed by atoms with Crippen LogP contribution in [-0.2, 0) is 6.42 Å². The molecule has 1 aromatic carbocycles. The Hall–Kier alpha value is -0.0800. The van der Waals surface area contributed by atoms with Gasteiger partial charge in [0.05, 0.1) is 0 Å². The van der Waals surface area contributed by atoms with Crippen molar-refractivity contribution in [3.05, 3.63) is 30.7 Å². The molecule has 0 aliphatic carbocycles. The van der Waals surface area contributed by atoms with Gasteiger partial charge in [-0.2, -0.15) is 0 Å². The molecule has 1 aromatic rings. The van der Waals surface area contributed by atoms with Crippen LogP contribution in [0.5, 0.6) is 0 Å². The highest BCUT2D eigenvalue weighted by atomic mass is 32.2. The Balaban J connectivity index is 2.04. The smallest absolute Gasteiger partial charge is 0.00858 e. The lowest BCUT2D eigenvalue weighted by atomic mass is 10.0. The molecule has 0 saturated heterocycles. The zero-order valence-electron chi connectivity index (χ0n) is 32.9. The Morgan fingerprint density at radius 1 is 0.354 bits per heavy atom. The van der Waals surface area contributed by atoms with Crippen molar-refractivity contribution in [3.63, 3.8) is 0 Å². The number of hydrogen-bond acceptors (Lipinski definition) is 2. The van der Waals surface area contributed by atoms with Crippen LogP contribution in [0.15, 0.2) is 28.0 Å². The molecule has 0 fully saturated rings. The summed E-state index contributed by atoms with van der Waals surface area (Å²) < 4.78 is 0. The minimum Gasteiger partial charge on any atom is -0.126 e. The molecule has 0 aliphatic heterocycles. The quantitative estimate of drug-likeness (QED) is 0.0495. The first kappa shape index (κ1) is 45.9. The molecule has 48 heavy (non-hydrogen) atoms. The predicted octanol–water partition coefficient (Wildman–Crippen LogP) is 17.6. The van der Waals surface area contributed by atoms with Gasteiger partial charge < -0.3 is 0 Å². The maximum atomic E-state index is 4.09. The number of benzene rings is 1. The van der Waals surface area contributed by atoms with E-state index in [1.165, 1.54) is 245 Å². The summed E-state index contributed by atoms with van der Waals surface area (Å²) in [6.45, 7) is 8.71. The maximum Gasteiger partial charge on any atom is 0.00858 e. The van der Waals surface area contributed by atoms with Crippen molar-refractivity contribution in [2.75, 3.05) is 11.5 Å². The third-order valence-electron chi connectivity index (χ3n) is 10.2. The highest BCUT2D eigenvalue weighted by molar-refractivity contribution is 8.00. The molecular weight excluding hydrogens is 617 g/mol. The number of thioether (sulfide) groups is 2. The second-order valence-electron chi connectivity index (χ2n) is 15.1. The molecule has 281 valence electrons. The second kappa shape index (κ2) is 38.2. The second-order valence-corrected chi connectivity index (χ2v) is 17.4. The Kier molecular flexibility index (Phi) is 36.5. The normalized spacial score (nSPS) is 11.6. The van der Waals surface area contributed by atoms with E-state index in [2.05, 4.69) is 62.5 Å². The summed E-state index contributed by atoms with van der Waals surface area (Å²) in [5, 5.41) is 0. The highest BCUT2D eigenvalue weighted by Crippen LogP contribution is 2.30. The average Bonchev–Trinajstić information content (AvgIpc) is 3.10. The van der Waals surface area contributed by atoms with Crippen LogP contribution in [0.4, 0.5) is 0 Å². The summed E-state index contributed by atoms with van der Waals surface area (Å²) in [4.78, 5) is 3.01. The van der Waals surface area contributed by atoms with E-state index in [4.69, 9.17) is 0 Å². The minimum atomic E-state index is 1.04. The molecule has 1 rings (SSSR count). The van der Waals surface area contributed by atoms with Crippen molar-refractivity contribution in [1.29, 1.82) is 0 Å². The highest BCUT2D eigenvalue weighted by Gasteiger charge is 2.04. The van der Waals surface area contributed by atoms with Gasteiger partial charge in [0.2, 0.25) is 0 Å². The molecule has 0 bridgehead atoms. The van der Waals surface area contributed by atoms with Crippen LogP contribution in [0.1, 0.15) is 238 Å². The Labute approximate surface area is 312 Å². The maximum absolute atomic E-state index is 4.09. The van der Waals surface area contributed by atoms with Gasteiger partial charge in [0, 0.05) is 9.79 Å². The van der Waals surface area contributed by atoms with Crippen molar-refractivity contribution in [2.45, 2.75) is 248 Å². The summed E-state index contributed by atoms with van der Waals surface area (Å²) in [6.07, 6.45) is 49.7. The van der Waals surface area contributed by atoms with E-state index in [1.807, 2.05) is 0 Å². The number of rotatable bonds is 39. The zero-order valence-corrected chi connectivity index (χ0v) is 34.6. The van der Waals surface area contributed by atoms with Crippen molar-refractivity contribution in [2.24, 2.45) is 0 Å². The molecule has 1 radical (unpaired) electrons. The fourth-order valence-electron chi connectivity index (χ4n) is 6.95. The number of aryl methyl sites for hydroxylation is 1. The number of hydrogen-bond donors (Lipinski definition) is 0. The SMILES string of the molecule is [CH2]CCCc1cc(SCCCCCCCCCCCCCCCCCC)cc(SCCCCCCCCCCCCCCCCCC)c1. The van der Waals surface area contributed by atoms with Crippen molar-refractivity contribution in [3.8, 4) is 0 Å². The van der Waals surface area contributed by atoms with E-state index in [0.717, 1.165) is 6.42 Å². The van der Waals surface area contributed by atoms with Crippen LogP contribution in [0.3, 0.4) is 0 Å². The Morgan fingerprint density at radius 2 is 0.625 bits per heavy atom. The average molecular weight is 702 g/mol. The fraction of sp³-hybridized carbons (Fsp3) is 0.848. The van der Waals surface area contributed by atoms with E-state index >= 15 is 0 Å². The molecule has 0 unspecified atom stereocenters. The summed E-state index contributed by atoms with van der Waals surface area (Å²) in [7, 11) is 0. The first-order chi connectivity index (χ1) is 23.8. The molecule has 2 heteroatoms. The van der Waals surface area contributed by atoms with E-state index in [0.29, 0.717) is 0 Å². The molecule has 0 nitrogen and oxygen atoms in total. The van der Waals surface area contributed by atoms with Crippen LogP contribution in [0.25, 0.3) is 0 Å². The topological polar surface area (TPSA) is 0 Å². The summed E-state index contributed by atoms with van der Waals surface area (Å²) in [5.41, 5.74) is 1.53. The van der Waals surface area contributed by atoms with E-state index in [-0.39, 0.29) is 0 Å². The lowest BCUT2D eigenvalue weighted by Gasteiger charge is -2.10. The van der Waals surface area contributed by atoms with E-state index in [1.54, 1.807) is 0 Å². The summed E-state index contributed by atoms with van der Waals surface area (Å²) >= 11 is 4.21. The monoisotopic (exact) mass is 702 g/mol. The molecule has 0 amide bonds. The van der Waals surface area contributed by atoms with Gasteiger partial charge in [-0.1, -0.05) is 220 Å². The van der Waals surface area contributed by atoms with Gasteiger partial charge >= 0.3 is 0 Å². The third-order valence-corrected chi connectivity index (χ3v) is 12.3. The molecule has 0 aromatic heterocycles. The molecule has 0 saturated carbocycles. The fourth-order valence-corrected chi connectivity index (χ4v) is 9.08. The lowest BCUT2D eigenvalue weighted by Crippen LogP contribution is -1.90. The van der Waals surface area contributed by atoms with Crippen LogP contribution < -0.4 is 0 Å². The Morgan fingerprint density at radius 3 is 0.896 bits per heavy atom. The van der Waals surface area contributed by atoms with Crippen molar-refractivity contribution >= 4 is 23.5 Å². The Bertz CT molecular complexity index is 702. The van der Waals surface area contributed by atoms with Gasteiger partial charge in [-0.25, -0.2) is 0 Å². The molecule has 0 spiro atoms. The first-order valence-corrected chi connectivity index (χ1v) is 24.0. The van der Waals surface area contributed by atoms with Crippen LogP contribution >= 0.6 is 23.5 Å². The largest absolute Gasteiger partial charge is 0.126 e. The lowest BCUT2D eigenvalue weighted by molar-refractivity contribution is 0.531. The van der Waals surface area contributed by atoms with Gasteiger partial charge in [-0.05, 0) is 61.0 Å². The van der Waals surface area contributed by atoms with Gasteiger partial charge in [-0.3, -0.25) is 0 Å². The van der Waals surface area contributed by atoms with Crippen molar-refractivity contribution in [1.82, 2.24) is 0 Å². The van der Waals surface area contributed by atoms with E-state index < -0.39 is 0 Å². The standard InChI is InChI=1S/C46H85S2/c1-4-7-10-12-14-16-18-20-22-24-26-28-30-32-34-36-39-47-45-41-44(38-9-6-3)42-46(43-45)48-40-37-35-33-31-29-27-25-23-21-19-17-15-13-11-8-5-2/h41-43H,3-40H2,1-2H3. The zero-order chi connectivity index (χ0) is 34.4. The van der Waals surface area contributed by atoms with Crippen LogP contribution in [0.2, 0.25) is 0 Å². The third kappa shape index (κ3) is 31.9. The minimum absolute atomic E-state index is 1.04. The molecule has 0 N–H and O–H groups in total. The van der Waals surface area contributed by atoms with Crippen LogP contribution in [0, 0.1) is 6.92 Å². The molecule has 0 aliphatic rings. The molecule has 0 heterocycles. The van der Waals surface area contributed by atoms with E-state index in [9.17, 15) is 0 Å². The summed E-state index contributed by atoms with van der Waals surface area (Å²) in [5.74, 6) is 2.56. The molecular formula is C46H85S2.